The molecule has 0 spiro atoms. The Labute approximate surface area is 105 Å². The first-order chi connectivity index (χ1) is 7.66. The number of hydrogen-bond donors (Lipinski definition) is 2. The van der Waals surface area contributed by atoms with Gasteiger partial charge in [-0.25, -0.2) is 4.99 Å². The zero-order valence-corrected chi connectivity index (χ0v) is 12.0. The van der Waals surface area contributed by atoms with Crippen LogP contribution in [-0.4, -0.2) is 30.3 Å². The van der Waals surface area contributed by atoms with Gasteiger partial charge in [-0.3, -0.25) is 0 Å². The molecule has 2 unspecified atom stereocenters. The smallest absolute Gasteiger partial charge is 0.189 e. The molecule has 1 aliphatic carbocycles. The topological polar surface area (TPSA) is 59.6 Å². The van der Waals surface area contributed by atoms with Gasteiger partial charge in [-0.2, -0.15) is 0 Å². The van der Waals surface area contributed by atoms with Crippen molar-refractivity contribution < 1.29 is 4.74 Å². The Morgan fingerprint density at radius 3 is 2.47 bits per heavy atom. The van der Waals surface area contributed by atoms with Gasteiger partial charge in [0.15, 0.2) is 5.96 Å². The maximum Gasteiger partial charge on any atom is 0.189 e. The van der Waals surface area contributed by atoms with Crippen molar-refractivity contribution in [3.8, 4) is 0 Å². The van der Waals surface area contributed by atoms with Gasteiger partial charge in [0.05, 0.1) is 12.1 Å². The molecule has 0 heterocycles. The van der Waals surface area contributed by atoms with Crippen molar-refractivity contribution in [2.75, 3.05) is 6.61 Å². The van der Waals surface area contributed by atoms with E-state index in [1.54, 1.807) is 0 Å². The summed E-state index contributed by atoms with van der Waals surface area (Å²) in [6.45, 7) is 13.4. The molecule has 0 aromatic heterocycles. The summed E-state index contributed by atoms with van der Waals surface area (Å²) in [6, 6.07) is 0.258. The Bertz CT molecular complexity index is 292. The van der Waals surface area contributed by atoms with Crippen molar-refractivity contribution in [1.29, 1.82) is 0 Å². The van der Waals surface area contributed by atoms with Gasteiger partial charge in [0.25, 0.3) is 0 Å². The minimum absolute atomic E-state index is 0.0409. The number of nitrogens with one attached hydrogen (secondary N) is 1. The fraction of sp³-hybridized carbons (Fsp3) is 0.923. The molecule has 1 aliphatic rings. The monoisotopic (exact) mass is 241 g/mol. The summed E-state index contributed by atoms with van der Waals surface area (Å²) in [6.07, 6.45) is 1.27. The molecule has 100 valence electrons. The summed E-state index contributed by atoms with van der Waals surface area (Å²) in [5.74, 6) is 0.533. The average molecular weight is 241 g/mol. The van der Waals surface area contributed by atoms with Crippen molar-refractivity contribution >= 4 is 5.96 Å². The van der Waals surface area contributed by atoms with E-state index in [1.807, 2.05) is 6.92 Å². The van der Waals surface area contributed by atoms with Crippen LogP contribution in [0.2, 0.25) is 0 Å². The van der Waals surface area contributed by atoms with E-state index in [4.69, 9.17) is 10.5 Å². The molecule has 1 saturated carbocycles. The number of hydrogen-bond acceptors (Lipinski definition) is 2. The predicted molar refractivity (Wildman–Crippen MR) is 72.1 cm³/mol. The highest BCUT2D eigenvalue weighted by molar-refractivity contribution is 5.78. The third-order valence-corrected chi connectivity index (χ3v) is 3.29. The summed E-state index contributed by atoms with van der Waals surface area (Å²) in [5, 5.41) is 3.19. The van der Waals surface area contributed by atoms with Crippen LogP contribution in [-0.2, 0) is 4.74 Å². The Balaban J connectivity index is 2.57. The lowest BCUT2D eigenvalue weighted by molar-refractivity contribution is -0.103. The number of aliphatic imine (C=N–C) groups is 1. The molecule has 0 radical (unpaired) electrons. The van der Waals surface area contributed by atoms with E-state index in [0.717, 1.165) is 13.0 Å². The Morgan fingerprint density at radius 2 is 2.06 bits per heavy atom. The molecule has 4 nitrogen and oxygen atoms in total. The fourth-order valence-corrected chi connectivity index (χ4v) is 2.15. The summed E-state index contributed by atoms with van der Waals surface area (Å²) in [4.78, 5) is 4.56. The third kappa shape index (κ3) is 3.60. The SMILES string of the molecule is CCOC1CC(N=C(N)NC(C)(C)C)C1(C)C. The number of nitrogens with zero attached hydrogens (tertiary/aromatic N) is 1. The van der Waals surface area contributed by atoms with E-state index in [2.05, 4.69) is 44.9 Å². The first-order valence-corrected chi connectivity index (χ1v) is 6.40. The van der Waals surface area contributed by atoms with Gasteiger partial charge < -0.3 is 15.8 Å². The molecular weight excluding hydrogens is 214 g/mol. The van der Waals surface area contributed by atoms with Gasteiger partial charge in [-0.15, -0.1) is 0 Å². The van der Waals surface area contributed by atoms with Gasteiger partial charge in [0.2, 0.25) is 0 Å². The minimum Gasteiger partial charge on any atom is -0.378 e. The molecule has 0 aromatic rings. The lowest BCUT2D eigenvalue weighted by atomic mass is 9.65. The molecule has 0 aliphatic heterocycles. The highest BCUT2D eigenvalue weighted by atomic mass is 16.5. The Hall–Kier alpha value is -0.770. The zero-order chi connectivity index (χ0) is 13.3. The zero-order valence-electron chi connectivity index (χ0n) is 12.0. The number of ether oxygens (including phenoxy) is 1. The van der Waals surface area contributed by atoms with Crippen LogP contribution in [0.4, 0.5) is 0 Å². The fourth-order valence-electron chi connectivity index (χ4n) is 2.15. The van der Waals surface area contributed by atoms with E-state index >= 15 is 0 Å². The van der Waals surface area contributed by atoms with Crippen LogP contribution in [0.25, 0.3) is 0 Å². The van der Waals surface area contributed by atoms with Crippen LogP contribution >= 0.6 is 0 Å². The third-order valence-electron chi connectivity index (χ3n) is 3.29. The molecule has 0 amide bonds. The first-order valence-electron chi connectivity index (χ1n) is 6.40. The van der Waals surface area contributed by atoms with E-state index < -0.39 is 0 Å². The standard InChI is InChI=1S/C13H27N3O/c1-7-17-10-8-9(13(10,5)6)15-11(14)16-12(2,3)4/h9-10H,7-8H2,1-6H3,(H3,14,15,16). The van der Waals surface area contributed by atoms with Crippen LogP contribution in [0.1, 0.15) is 48.0 Å². The molecule has 1 rings (SSSR count). The first kappa shape index (κ1) is 14.3. The second-order valence-corrected chi connectivity index (χ2v) is 6.41. The second kappa shape index (κ2) is 4.84. The van der Waals surface area contributed by atoms with Crippen LogP contribution < -0.4 is 11.1 Å². The molecule has 0 aromatic carbocycles. The number of rotatable bonds is 3. The Morgan fingerprint density at radius 1 is 1.47 bits per heavy atom. The molecule has 0 bridgehead atoms. The van der Waals surface area contributed by atoms with Crippen molar-refractivity contribution in [1.82, 2.24) is 5.32 Å². The van der Waals surface area contributed by atoms with Gasteiger partial charge in [-0.1, -0.05) is 13.8 Å². The lowest BCUT2D eigenvalue weighted by Crippen LogP contribution is -2.55. The molecule has 4 heteroatoms. The minimum atomic E-state index is -0.0409. The van der Waals surface area contributed by atoms with Crippen LogP contribution in [0.5, 0.6) is 0 Å². The van der Waals surface area contributed by atoms with E-state index in [9.17, 15) is 0 Å². The van der Waals surface area contributed by atoms with E-state index in [0.29, 0.717) is 12.1 Å². The van der Waals surface area contributed by atoms with E-state index in [1.165, 1.54) is 0 Å². The van der Waals surface area contributed by atoms with Gasteiger partial charge in [0, 0.05) is 17.6 Å². The van der Waals surface area contributed by atoms with Crippen molar-refractivity contribution in [2.45, 2.75) is 65.6 Å². The van der Waals surface area contributed by atoms with Crippen LogP contribution in [0.3, 0.4) is 0 Å². The summed E-state index contributed by atoms with van der Waals surface area (Å²) < 4.78 is 5.68. The second-order valence-electron chi connectivity index (χ2n) is 6.41. The van der Waals surface area contributed by atoms with Gasteiger partial charge in [0.1, 0.15) is 0 Å². The van der Waals surface area contributed by atoms with Crippen molar-refractivity contribution in [3.05, 3.63) is 0 Å². The number of nitrogens with two attached hydrogens (primary N) is 1. The molecule has 17 heavy (non-hydrogen) atoms. The maximum absolute atomic E-state index is 5.91. The maximum atomic E-state index is 5.91. The van der Waals surface area contributed by atoms with E-state index in [-0.39, 0.29) is 17.0 Å². The lowest BCUT2D eigenvalue weighted by Gasteiger charge is -2.49. The van der Waals surface area contributed by atoms with Gasteiger partial charge >= 0.3 is 0 Å². The molecule has 3 N–H and O–H groups in total. The van der Waals surface area contributed by atoms with Crippen molar-refractivity contribution in [2.24, 2.45) is 16.1 Å². The van der Waals surface area contributed by atoms with Crippen molar-refractivity contribution in [3.63, 3.8) is 0 Å². The highest BCUT2D eigenvalue weighted by Crippen LogP contribution is 2.44. The molecular formula is C13H27N3O. The quantitative estimate of drug-likeness (QED) is 0.586. The predicted octanol–water partition coefficient (Wildman–Crippen LogP) is 1.89. The highest BCUT2D eigenvalue weighted by Gasteiger charge is 2.49. The molecule has 2 atom stereocenters. The number of guanidine groups is 1. The largest absolute Gasteiger partial charge is 0.378 e. The molecule has 1 fully saturated rings. The van der Waals surface area contributed by atoms with Crippen LogP contribution in [0, 0.1) is 5.41 Å². The normalized spacial score (nSPS) is 28.7. The van der Waals surface area contributed by atoms with Gasteiger partial charge in [-0.05, 0) is 34.1 Å². The van der Waals surface area contributed by atoms with Crippen LogP contribution in [0.15, 0.2) is 4.99 Å². The average Bonchev–Trinajstić information content (AvgIpc) is 2.13. The summed E-state index contributed by atoms with van der Waals surface area (Å²) in [7, 11) is 0. The summed E-state index contributed by atoms with van der Waals surface area (Å²) in [5.41, 5.74) is 5.95. The Kier molecular flexibility index (Phi) is 4.07. The molecule has 0 saturated heterocycles. The summed E-state index contributed by atoms with van der Waals surface area (Å²) >= 11 is 0.